The second kappa shape index (κ2) is 7.20. The number of likely N-dealkylation sites (tertiary alicyclic amines) is 1. The van der Waals surface area contributed by atoms with Gasteiger partial charge in [0.25, 0.3) is 0 Å². The number of benzene rings is 1. The molecule has 1 atom stereocenters. The molecule has 1 heterocycles. The largest absolute Gasteiger partial charge is 0.339 e. The maximum atomic E-state index is 12.1. The van der Waals surface area contributed by atoms with Gasteiger partial charge in [-0.25, -0.2) is 0 Å². The Kier molecular flexibility index (Phi) is 5.59. The molecule has 1 aliphatic rings. The van der Waals surface area contributed by atoms with Crippen molar-refractivity contribution in [2.75, 3.05) is 12.3 Å². The van der Waals surface area contributed by atoms with Gasteiger partial charge in [0.15, 0.2) is 0 Å². The summed E-state index contributed by atoms with van der Waals surface area (Å²) in [6.07, 6.45) is 3.55. The number of nitrogens with zero attached hydrogens (tertiary/aromatic N) is 1. The molecule has 0 spiro atoms. The summed E-state index contributed by atoms with van der Waals surface area (Å²) >= 11 is 7.53. The van der Waals surface area contributed by atoms with E-state index in [0.717, 1.165) is 30.2 Å². The van der Waals surface area contributed by atoms with Crippen LogP contribution >= 0.6 is 23.4 Å². The van der Waals surface area contributed by atoms with Crippen LogP contribution in [0.25, 0.3) is 0 Å². The lowest BCUT2D eigenvalue weighted by Crippen LogP contribution is -2.42. The lowest BCUT2D eigenvalue weighted by Gasteiger charge is -2.33. The van der Waals surface area contributed by atoms with Gasteiger partial charge in [0.05, 0.1) is 5.75 Å². The van der Waals surface area contributed by atoms with E-state index in [1.54, 1.807) is 11.8 Å². The first-order valence-corrected chi connectivity index (χ1v) is 8.32. The van der Waals surface area contributed by atoms with Gasteiger partial charge in [-0.2, -0.15) is 0 Å². The van der Waals surface area contributed by atoms with E-state index in [9.17, 15) is 4.79 Å². The van der Waals surface area contributed by atoms with Crippen molar-refractivity contribution in [3.8, 4) is 0 Å². The van der Waals surface area contributed by atoms with Gasteiger partial charge in [0.2, 0.25) is 5.91 Å². The molecule has 2 rings (SSSR count). The molecule has 19 heavy (non-hydrogen) atoms. The third kappa shape index (κ3) is 4.43. The van der Waals surface area contributed by atoms with E-state index in [1.807, 2.05) is 29.2 Å². The van der Waals surface area contributed by atoms with Gasteiger partial charge in [-0.15, -0.1) is 11.8 Å². The van der Waals surface area contributed by atoms with Crippen molar-refractivity contribution < 1.29 is 4.79 Å². The number of halogens is 1. The van der Waals surface area contributed by atoms with Gasteiger partial charge in [0.1, 0.15) is 0 Å². The molecular weight excluding hydrogens is 278 g/mol. The third-order valence-electron chi connectivity index (χ3n) is 3.53. The molecule has 0 aromatic heterocycles. The van der Waals surface area contributed by atoms with E-state index >= 15 is 0 Å². The van der Waals surface area contributed by atoms with E-state index in [-0.39, 0.29) is 5.91 Å². The molecule has 104 valence electrons. The van der Waals surface area contributed by atoms with Crippen LogP contribution in [0, 0.1) is 0 Å². The van der Waals surface area contributed by atoms with Crippen LogP contribution in [0.4, 0.5) is 0 Å². The van der Waals surface area contributed by atoms with Crippen LogP contribution in [0.2, 0.25) is 5.02 Å². The summed E-state index contributed by atoms with van der Waals surface area (Å²) in [5.74, 6) is 1.73. The van der Waals surface area contributed by atoms with Gasteiger partial charge >= 0.3 is 0 Å². The van der Waals surface area contributed by atoms with Crippen molar-refractivity contribution in [1.82, 2.24) is 4.90 Å². The van der Waals surface area contributed by atoms with Crippen LogP contribution in [-0.2, 0) is 10.5 Å². The number of thioether (sulfide) groups is 1. The average Bonchev–Trinajstić information content (AvgIpc) is 2.41. The van der Waals surface area contributed by atoms with Crippen LogP contribution in [0.15, 0.2) is 24.3 Å². The minimum atomic E-state index is 0.283. The topological polar surface area (TPSA) is 20.3 Å². The van der Waals surface area contributed by atoms with Gasteiger partial charge in [-0.1, -0.05) is 23.7 Å². The normalized spacial score (nSPS) is 19.5. The number of carbonyl (C=O) groups is 1. The number of hydrogen-bond acceptors (Lipinski definition) is 2. The van der Waals surface area contributed by atoms with Gasteiger partial charge in [-0.3, -0.25) is 4.79 Å². The maximum Gasteiger partial charge on any atom is 0.232 e. The zero-order chi connectivity index (χ0) is 13.7. The molecule has 1 aromatic rings. The van der Waals surface area contributed by atoms with Crippen molar-refractivity contribution in [1.29, 1.82) is 0 Å². The van der Waals surface area contributed by atoms with Gasteiger partial charge < -0.3 is 4.90 Å². The van der Waals surface area contributed by atoms with Crippen molar-refractivity contribution in [2.24, 2.45) is 0 Å². The first-order chi connectivity index (χ1) is 9.16. The zero-order valence-electron chi connectivity index (χ0n) is 11.3. The van der Waals surface area contributed by atoms with Crippen LogP contribution in [0.5, 0.6) is 0 Å². The van der Waals surface area contributed by atoms with Crippen LogP contribution in [-0.4, -0.2) is 29.1 Å². The first kappa shape index (κ1) is 14.7. The smallest absolute Gasteiger partial charge is 0.232 e. The van der Waals surface area contributed by atoms with Gasteiger partial charge in [-0.05, 0) is 43.9 Å². The van der Waals surface area contributed by atoms with E-state index in [0.29, 0.717) is 11.8 Å². The number of amides is 1. The predicted octanol–water partition coefficient (Wildman–Crippen LogP) is 3.97. The molecule has 0 radical (unpaired) electrons. The predicted molar refractivity (Wildman–Crippen MR) is 82.6 cm³/mol. The molecule has 1 saturated heterocycles. The highest BCUT2D eigenvalue weighted by atomic mass is 35.5. The molecule has 4 heteroatoms. The first-order valence-electron chi connectivity index (χ1n) is 6.78. The molecule has 0 unspecified atom stereocenters. The summed E-state index contributed by atoms with van der Waals surface area (Å²) in [4.78, 5) is 14.2. The van der Waals surface area contributed by atoms with E-state index < -0.39 is 0 Å². The summed E-state index contributed by atoms with van der Waals surface area (Å²) in [7, 11) is 0. The minimum Gasteiger partial charge on any atom is -0.339 e. The Hall–Kier alpha value is -0.670. The Labute approximate surface area is 124 Å². The summed E-state index contributed by atoms with van der Waals surface area (Å²) in [5, 5.41) is 0.756. The van der Waals surface area contributed by atoms with Crippen molar-refractivity contribution in [2.45, 2.75) is 38.0 Å². The Morgan fingerprint density at radius 3 is 2.79 bits per heavy atom. The van der Waals surface area contributed by atoms with Gasteiger partial charge in [0, 0.05) is 23.4 Å². The second-order valence-corrected chi connectivity index (χ2v) is 6.47. The van der Waals surface area contributed by atoms with Crippen LogP contribution < -0.4 is 0 Å². The average molecular weight is 298 g/mol. The minimum absolute atomic E-state index is 0.283. The third-order valence-corrected chi connectivity index (χ3v) is 4.77. The highest BCUT2D eigenvalue weighted by Gasteiger charge is 2.22. The van der Waals surface area contributed by atoms with E-state index in [4.69, 9.17) is 11.6 Å². The molecule has 1 aliphatic heterocycles. The van der Waals surface area contributed by atoms with E-state index in [2.05, 4.69) is 6.92 Å². The monoisotopic (exact) mass is 297 g/mol. The molecular formula is C15H20ClNOS. The van der Waals surface area contributed by atoms with E-state index in [1.165, 1.54) is 12.0 Å². The second-order valence-electron chi connectivity index (χ2n) is 5.05. The summed E-state index contributed by atoms with van der Waals surface area (Å²) in [6.45, 7) is 3.09. The molecule has 2 nitrogen and oxygen atoms in total. The fraction of sp³-hybridized carbons (Fsp3) is 0.533. The number of carbonyl (C=O) groups excluding carboxylic acids is 1. The summed E-state index contributed by atoms with van der Waals surface area (Å²) < 4.78 is 0. The Bertz CT molecular complexity index is 421. The number of hydrogen-bond donors (Lipinski definition) is 0. The Balaban J connectivity index is 1.75. The zero-order valence-corrected chi connectivity index (χ0v) is 12.8. The number of rotatable bonds is 4. The molecule has 0 bridgehead atoms. The fourth-order valence-electron chi connectivity index (χ4n) is 2.39. The number of piperidine rings is 1. The van der Waals surface area contributed by atoms with Crippen molar-refractivity contribution in [3.05, 3.63) is 34.9 Å². The molecule has 1 amide bonds. The fourth-order valence-corrected chi connectivity index (χ4v) is 3.39. The maximum absolute atomic E-state index is 12.1. The Morgan fingerprint density at radius 2 is 2.11 bits per heavy atom. The van der Waals surface area contributed by atoms with Crippen LogP contribution in [0.1, 0.15) is 31.7 Å². The van der Waals surface area contributed by atoms with Crippen LogP contribution in [0.3, 0.4) is 0 Å². The summed E-state index contributed by atoms with van der Waals surface area (Å²) in [5.41, 5.74) is 1.22. The lowest BCUT2D eigenvalue weighted by atomic mass is 10.0. The van der Waals surface area contributed by atoms with Crippen molar-refractivity contribution >= 4 is 29.3 Å². The molecule has 1 aromatic carbocycles. The molecule has 0 N–H and O–H groups in total. The standard InChI is InChI=1S/C15H20ClNOS/c1-12-4-2-3-9-17(12)15(18)11-19-10-13-5-7-14(16)8-6-13/h5-8,12H,2-4,9-11H2,1H3/t12-/m1/s1. The highest BCUT2D eigenvalue weighted by Crippen LogP contribution is 2.20. The molecule has 0 aliphatic carbocycles. The summed E-state index contributed by atoms with van der Waals surface area (Å²) in [6, 6.07) is 8.24. The highest BCUT2D eigenvalue weighted by molar-refractivity contribution is 7.99. The molecule has 0 saturated carbocycles. The SMILES string of the molecule is C[C@@H]1CCCCN1C(=O)CSCc1ccc(Cl)cc1. The van der Waals surface area contributed by atoms with Crippen molar-refractivity contribution in [3.63, 3.8) is 0 Å². The molecule has 1 fully saturated rings. The Morgan fingerprint density at radius 1 is 1.37 bits per heavy atom. The lowest BCUT2D eigenvalue weighted by molar-refractivity contribution is -0.131. The quantitative estimate of drug-likeness (QED) is 0.838.